The Kier molecular flexibility index (Phi) is 3.83. The van der Waals surface area contributed by atoms with Crippen molar-refractivity contribution >= 4 is 23.1 Å². The molecule has 3 heterocycles. The molecule has 0 atom stereocenters. The quantitative estimate of drug-likeness (QED) is 0.459. The molecule has 1 aromatic carbocycles. The normalized spacial score (nSPS) is 11.2. The van der Waals surface area contributed by atoms with Gasteiger partial charge in [-0.1, -0.05) is 6.07 Å². The summed E-state index contributed by atoms with van der Waals surface area (Å²) in [6.45, 7) is 0. The van der Waals surface area contributed by atoms with E-state index in [-0.39, 0.29) is 5.82 Å². The van der Waals surface area contributed by atoms with Gasteiger partial charge in [-0.25, -0.2) is 19.0 Å². The van der Waals surface area contributed by atoms with Crippen molar-refractivity contribution in [2.24, 2.45) is 5.10 Å². The maximum Gasteiger partial charge on any atom is 0.168 e. The molecule has 4 rings (SSSR count). The van der Waals surface area contributed by atoms with Gasteiger partial charge in [-0.3, -0.25) is 10.4 Å². The molecule has 1 N–H and O–H groups in total. The summed E-state index contributed by atoms with van der Waals surface area (Å²) in [7, 11) is 0. The Morgan fingerprint density at radius 1 is 1.12 bits per heavy atom. The zero-order chi connectivity index (χ0) is 17.1. The number of pyridine rings is 1. The first-order valence-corrected chi connectivity index (χ1v) is 7.45. The molecule has 0 unspecified atom stereocenters. The third-order valence-corrected chi connectivity index (χ3v) is 3.51. The van der Waals surface area contributed by atoms with Crippen LogP contribution < -0.4 is 5.43 Å². The lowest BCUT2D eigenvalue weighted by Gasteiger charge is -2.04. The fraction of sp³-hybridized carbons (Fsp3) is 0. The summed E-state index contributed by atoms with van der Waals surface area (Å²) < 4.78 is 15.0. The molecule has 25 heavy (non-hydrogen) atoms. The van der Waals surface area contributed by atoms with Gasteiger partial charge in [0.05, 0.1) is 23.5 Å². The van der Waals surface area contributed by atoms with Gasteiger partial charge in [0, 0.05) is 12.4 Å². The number of hydrogen-bond donors (Lipinski definition) is 1. The Hall–Kier alpha value is -3.68. The van der Waals surface area contributed by atoms with Crippen LogP contribution in [0.1, 0.15) is 5.56 Å². The van der Waals surface area contributed by atoms with Crippen LogP contribution in [0.3, 0.4) is 0 Å². The Balaban J connectivity index is 1.66. The van der Waals surface area contributed by atoms with Crippen LogP contribution in [0.4, 0.5) is 10.2 Å². The van der Waals surface area contributed by atoms with E-state index in [9.17, 15) is 4.39 Å². The number of fused-ring (bicyclic) bond motifs is 1. The van der Waals surface area contributed by atoms with Crippen LogP contribution in [-0.4, -0.2) is 30.9 Å². The third-order valence-electron chi connectivity index (χ3n) is 3.51. The zero-order valence-corrected chi connectivity index (χ0v) is 12.9. The Labute approximate surface area is 141 Å². The van der Waals surface area contributed by atoms with E-state index in [0.717, 1.165) is 5.56 Å². The third kappa shape index (κ3) is 3.05. The first kappa shape index (κ1) is 14.9. The van der Waals surface area contributed by atoms with Gasteiger partial charge in [-0.15, -0.1) is 0 Å². The summed E-state index contributed by atoms with van der Waals surface area (Å²) in [4.78, 5) is 12.4. The van der Waals surface area contributed by atoms with Gasteiger partial charge in [0.25, 0.3) is 0 Å². The van der Waals surface area contributed by atoms with Gasteiger partial charge in [0.15, 0.2) is 11.5 Å². The van der Waals surface area contributed by atoms with Crippen molar-refractivity contribution in [3.63, 3.8) is 0 Å². The summed E-state index contributed by atoms with van der Waals surface area (Å²) >= 11 is 0. The van der Waals surface area contributed by atoms with Gasteiger partial charge in [0.2, 0.25) is 0 Å². The van der Waals surface area contributed by atoms with E-state index in [4.69, 9.17) is 0 Å². The molecule has 0 spiro atoms. The molecule has 0 aliphatic heterocycles. The fourth-order valence-electron chi connectivity index (χ4n) is 2.35. The van der Waals surface area contributed by atoms with E-state index >= 15 is 0 Å². The minimum absolute atomic E-state index is 0.337. The van der Waals surface area contributed by atoms with Crippen molar-refractivity contribution in [2.45, 2.75) is 0 Å². The molecular formula is C17H12FN7. The summed E-state index contributed by atoms with van der Waals surface area (Å²) in [6.07, 6.45) is 8.06. The summed E-state index contributed by atoms with van der Waals surface area (Å²) in [5, 5.41) is 9.13. The average molecular weight is 333 g/mol. The molecule has 3 aromatic heterocycles. The van der Waals surface area contributed by atoms with Crippen LogP contribution in [0.15, 0.2) is 66.4 Å². The number of benzene rings is 1. The van der Waals surface area contributed by atoms with E-state index in [1.54, 1.807) is 41.6 Å². The van der Waals surface area contributed by atoms with Crippen LogP contribution >= 0.6 is 0 Å². The number of hydrogen-bond acceptors (Lipinski definition) is 6. The number of nitrogens with one attached hydrogen (secondary N) is 1. The second kappa shape index (κ2) is 6.44. The second-order valence-electron chi connectivity index (χ2n) is 5.15. The number of anilines is 1. The van der Waals surface area contributed by atoms with E-state index in [2.05, 4.69) is 30.6 Å². The van der Waals surface area contributed by atoms with Gasteiger partial charge in [0.1, 0.15) is 12.1 Å². The number of rotatable bonds is 4. The molecule has 122 valence electrons. The number of halogens is 1. The van der Waals surface area contributed by atoms with Gasteiger partial charge in [-0.2, -0.15) is 10.2 Å². The van der Waals surface area contributed by atoms with Crippen LogP contribution in [0.5, 0.6) is 0 Å². The van der Waals surface area contributed by atoms with Crippen molar-refractivity contribution in [3.8, 4) is 5.69 Å². The molecule has 0 aliphatic carbocycles. The van der Waals surface area contributed by atoms with Crippen molar-refractivity contribution in [1.29, 1.82) is 0 Å². The molecule has 0 radical (unpaired) electrons. The van der Waals surface area contributed by atoms with Gasteiger partial charge in [-0.05, 0) is 35.9 Å². The molecule has 8 heteroatoms. The van der Waals surface area contributed by atoms with Crippen LogP contribution in [0.2, 0.25) is 0 Å². The van der Waals surface area contributed by atoms with Crippen molar-refractivity contribution < 1.29 is 4.39 Å². The highest BCUT2D eigenvalue weighted by atomic mass is 19.1. The van der Waals surface area contributed by atoms with E-state index in [1.165, 1.54) is 18.5 Å². The summed E-state index contributed by atoms with van der Waals surface area (Å²) in [5.74, 6) is 0.175. The molecular weight excluding hydrogens is 321 g/mol. The Bertz CT molecular complexity index is 1040. The monoisotopic (exact) mass is 333 g/mol. The molecule has 0 saturated heterocycles. The maximum atomic E-state index is 13.5. The maximum absolute atomic E-state index is 13.5. The standard InChI is InChI=1S/C17H12FN7/c18-13-2-1-3-14(8-13)25-17-15(10-23-25)16(20-11-21-17)24-22-9-12-4-6-19-7-5-12/h1-11H,(H,20,21,24). The molecule has 0 aliphatic rings. The molecule has 0 saturated carbocycles. The fourth-order valence-corrected chi connectivity index (χ4v) is 2.35. The topological polar surface area (TPSA) is 80.9 Å². The van der Waals surface area contributed by atoms with E-state index in [0.29, 0.717) is 22.5 Å². The lowest BCUT2D eigenvalue weighted by Crippen LogP contribution is -2.00. The molecule has 7 nitrogen and oxygen atoms in total. The van der Waals surface area contributed by atoms with Gasteiger partial charge >= 0.3 is 0 Å². The predicted octanol–water partition coefficient (Wildman–Crippen LogP) is 2.80. The first-order chi connectivity index (χ1) is 12.3. The predicted molar refractivity (Wildman–Crippen MR) is 92.1 cm³/mol. The highest BCUT2D eigenvalue weighted by Gasteiger charge is 2.11. The largest absolute Gasteiger partial charge is 0.265 e. The minimum atomic E-state index is -0.337. The highest BCUT2D eigenvalue weighted by Crippen LogP contribution is 2.21. The highest BCUT2D eigenvalue weighted by molar-refractivity contribution is 5.88. The minimum Gasteiger partial charge on any atom is -0.265 e. The van der Waals surface area contributed by atoms with E-state index < -0.39 is 0 Å². The number of nitrogens with zero attached hydrogens (tertiary/aromatic N) is 6. The zero-order valence-electron chi connectivity index (χ0n) is 12.9. The van der Waals surface area contributed by atoms with E-state index in [1.807, 2.05) is 12.1 Å². The lowest BCUT2D eigenvalue weighted by atomic mass is 10.3. The Morgan fingerprint density at radius 2 is 2.00 bits per heavy atom. The lowest BCUT2D eigenvalue weighted by molar-refractivity contribution is 0.625. The smallest absolute Gasteiger partial charge is 0.168 e. The van der Waals surface area contributed by atoms with Gasteiger partial charge < -0.3 is 0 Å². The van der Waals surface area contributed by atoms with Crippen LogP contribution in [-0.2, 0) is 0 Å². The first-order valence-electron chi connectivity index (χ1n) is 7.45. The second-order valence-corrected chi connectivity index (χ2v) is 5.15. The van der Waals surface area contributed by atoms with Crippen LogP contribution in [0.25, 0.3) is 16.7 Å². The van der Waals surface area contributed by atoms with Crippen molar-refractivity contribution in [2.75, 3.05) is 5.43 Å². The Morgan fingerprint density at radius 3 is 2.84 bits per heavy atom. The summed E-state index contributed by atoms with van der Waals surface area (Å²) in [6, 6.07) is 9.82. The number of aromatic nitrogens is 5. The number of hydrazone groups is 1. The van der Waals surface area contributed by atoms with Crippen molar-refractivity contribution in [1.82, 2.24) is 24.7 Å². The molecule has 4 aromatic rings. The molecule has 0 amide bonds. The molecule has 0 fully saturated rings. The molecule has 0 bridgehead atoms. The average Bonchev–Trinajstić information content (AvgIpc) is 3.08. The SMILES string of the molecule is Fc1cccc(-n2ncc3c(NN=Cc4ccncc4)ncnc32)c1. The summed E-state index contributed by atoms with van der Waals surface area (Å²) in [5.41, 5.74) is 4.93. The van der Waals surface area contributed by atoms with Crippen molar-refractivity contribution in [3.05, 3.63) is 72.7 Å². The van der Waals surface area contributed by atoms with Crippen LogP contribution in [0, 0.1) is 5.82 Å².